The quantitative estimate of drug-likeness (QED) is 0.820. The monoisotopic (exact) mass is 270 g/mol. The molecule has 2 nitrogen and oxygen atoms in total. The van der Waals surface area contributed by atoms with Crippen LogP contribution in [0, 0.1) is 11.3 Å². The molecule has 106 valence electrons. The molecule has 0 radical (unpaired) electrons. The summed E-state index contributed by atoms with van der Waals surface area (Å²) in [7, 11) is 0. The highest BCUT2D eigenvalue weighted by Gasteiger charge is 2.48. The average molecular weight is 270 g/mol. The van der Waals surface area contributed by atoms with Crippen LogP contribution < -0.4 is 0 Å². The molecular formula is C18H22O2. The normalized spacial score (nSPS) is 30.7. The van der Waals surface area contributed by atoms with E-state index in [1.807, 2.05) is 18.2 Å². The molecule has 0 heterocycles. The third-order valence-electron chi connectivity index (χ3n) is 5.23. The van der Waals surface area contributed by atoms with Crippen LogP contribution in [0.2, 0.25) is 0 Å². The number of hydrogen-bond acceptors (Lipinski definition) is 2. The van der Waals surface area contributed by atoms with Crippen LogP contribution in [-0.4, -0.2) is 11.6 Å². The molecule has 2 saturated carbocycles. The minimum absolute atomic E-state index is 0.258. The molecule has 0 N–H and O–H groups in total. The molecule has 2 aliphatic carbocycles. The van der Waals surface area contributed by atoms with E-state index in [-0.39, 0.29) is 11.3 Å². The Kier molecular flexibility index (Phi) is 3.73. The Labute approximate surface area is 120 Å². The second kappa shape index (κ2) is 5.51. The van der Waals surface area contributed by atoms with Crippen molar-refractivity contribution in [3.05, 3.63) is 35.9 Å². The molecular weight excluding hydrogens is 248 g/mol. The van der Waals surface area contributed by atoms with Gasteiger partial charge < -0.3 is 0 Å². The van der Waals surface area contributed by atoms with Crippen molar-refractivity contribution in [2.45, 2.75) is 51.4 Å². The zero-order chi connectivity index (χ0) is 14.0. The molecule has 2 heteroatoms. The van der Waals surface area contributed by atoms with Crippen LogP contribution in [-0.2, 0) is 16.0 Å². The third-order valence-corrected chi connectivity index (χ3v) is 5.23. The van der Waals surface area contributed by atoms with Crippen LogP contribution in [0.5, 0.6) is 0 Å². The van der Waals surface area contributed by atoms with Crippen molar-refractivity contribution >= 4 is 11.6 Å². The van der Waals surface area contributed by atoms with E-state index >= 15 is 0 Å². The number of ketones is 2. The van der Waals surface area contributed by atoms with E-state index < -0.39 is 0 Å². The fraction of sp³-hybridized carbons (Fsp3) is 0.556. The lowest BCUT2D eigenvalue weighted by molar-refractivity contribution is -0.137. The first-order valence-electron chi connectivity index (χ1n) is 7.80. The van der Waals surface area contributed by atoms with Crippen LogP contribution in [0.25, 0.3) is 0 Å². The molecule has 0 amide bonds. The first-order chi connectivity index (χ1) is 9.71. The molecule has 3 rings (SSSR count). The molecule has 2 fully saturated rings. The Morgan fingerprint density at radius 3 is 2.65 bits per heavy atom. The summed E-state index contributed by atoms with van der Waals surface area (Å²) in [5.74, 6) is 1.05. The van der Waals surface area contributed by atoms with Crippen LogP contribution >= 0.6 is 0 Å². The highest BCUT2D eigenvalue weighted by Crippen LogP contribution is 2.48. The summed E-state index contributed by atoms with van der Waals surface area (Å²) in [6, 6.07) is 10.3. The Bertz CT molecular complexity index is 505. The van der Waals surface area contributed by atoms with Gasteiger partial charge in [-0.15, -0.1) is 0 Å². The molecule has 0 unspecified atom stereocenters. The maximum absolute atomic E-state index is 12.8. The number of rotatable bonds is 2. The predicted octanol–water partition coefficient (Wildman–Crippen LogP) is 3.73. The van der Waals surface area contributed by atoms with Crippen molar-refractivity contribution in [1.29, 1.82) is 0 Å². The third kappa shape index (κ3) is 2.44. The second-order valence-electron chi connectivity index (χ2n) is 6.43. The molecule has 0 bridgehead atoms. The minimum atomic E-state index is -0.258. The van der Waals surface area contributed by atoms with Crippen LogP contribution in [0.15, 0.2) is 30.3 Å². The smallest absolute Gasteiger partial charge is 0.139 e. The summed E-state index contributed by atoms with van der Waals surface area (Å²) in [4.78, 5) is 24.6. The number of carbonyl (C=O) groups is 2. The van der Waals surface area contributed by atoms with Gasteiger partial charge >= 0.3 is 0 Å². The number of Topliss-reactive ketones (excluding diaryl/α,β-unsaturated/α-hetero) is 2. The Balaban J connectivity index is 1.94. The number of fused-ring (bicyclic) bond motifs is 1. The van der Waals surface area contributed by atoms with Gasteiger partial charge in [0.15, 0.2) is 0 Å². The Hall–Kier alpha value is -1.44. The van der Waals surface area contributed by atoms with E-state index in [1.54, 1.807) is 0 Å². The zero-order valence-electron chi connectivity index (χ0n) is 11.9. The lowest BCUT2D eigenvalue weighted by Gasteiger charge is -2.41. The van der Waals surface area contributed by atoms with Gasteiger partial charge in [-0.2, -0.15) is 0 Å². The summed E-state index contributed by atoms with van der Waals surface area (Å²) in [6.45, 7) is 0. The summed E-state index contributed by atoms with van der Waals surface area (Å²) >= 11 is 0. The van der Waals surface area contributed by atoms with Crippen molar-refractivity contribution in [3.63, 3.8) is 0 Å². The SMILES string of the molecule is O=C1CC[C@]2(Cc3ccccc3)C(=O)CCCC[C@@H]2C1. The molecule has 20 heavy (non-hydrogen) atoms. The van der Waals surface area contributed by atoms with Gasteiger partial charge in [-0.1, -0.05) is 36.8 Å². The van der Waals surface area contributed by atoms with E-state index in [1.165, 1.54) is 5.56 Å². The van der Waals surface area contributed by atoms with Gasteiger partial charge in [0, 0.05) is 24.7 Å². The van der Waals surface area contributed by atoms with Gasteiger partial charge in [-0.3, -0.25) is 9.59 Å². The highest BCUT2D eigenvalue weighted by atomic mass is 16.1. The first kappa shape index (κ1) is 13.5. The van der Waals surface area contributed by atoms with E-state index in [4.69, 9.17) is 0 Å². The Morgan fingerprint density at radius 2 is 1.85 bits per heavy atom. The number of hydrogen-bond donors (Lipinski definition) is 0. The van der Waals surface area contributed by atoms with Crippen molar-refractivity contribution in [1.82, 2.24) is 0 Å². The summed E-state index contributed by atoms with van der Waals surface area (Å²) in [5.41, 5.74) is 0.980. The molecule has 0 aromatic heterocycles. The van der Waals surface area contributed by atoms with Gasteiger partial charge in [-0.05, 0) is 37.2 Å². The van der Waals surface area contributed by atoms with Crippen molar-refractivity contribution in [2.75, 3.05) is 0 Å². The summed E-state index contributed by atoms with van der Waals surface area (Å²) < 4.78 is 0. The fourth-order valence-electron chi connectivity index (χ4n) is 4.10. The van der Waals surface area contributed by atoms with Crippen molar-refractivity contribution in [2.24, 2.45) is 11.3 Å². The van der Waals surface area contributed by atoms with Gasteiger partial charge in [0.25, 0.3) is 0 Å². The molecule has 0 aliphatic heterocycles. The van der Waals surface area contributed by atoms with Crippen molar-refractivity contribution < 1.29 is 9.59 Å². The van der Waals surface area contributed by atoms with Gasteiger partial charge in [0.05, 0.1) is 0 Å². The largest absolute Gasteiger partial charge is 0.300 e. The minimum Gasteiger partial charge on any atom is -0.300 e. The van der Waals surface area contributed by atoms with E-state index in [0.29, 0.717) is 30.8 Å². The number of benzene rings is 1. The fourth-order valence-corrected chi connectivity index (χ4v) is 4.10. The number of carbonyl (C=O) groups excluding carboxylic acids is 2. The predicted molar refractivity (Wildman–Crippen MR) is 78.4 cm³/mol. The molecule has 0 spiro atoms. The van der Waals surface area contributed by atoms with E-state index in [0.717, 1.165) is 32.1 Å². The summed E-state index contributed by atoms with van der Waals surface area (Å²) in [6.07, 6.45) is 6.66. The second-order valence-corrected chi connectivity index (χ2v) is 6.43. The van der Waals surface area contributed by atoms with Crippen LogP contribution in [0.1, 0.15) is 50.5 Å². The topological polar surface area (TPSA) is 34.1 Å². The zero-order valence-corrected chi connectivity index (χ0v) is 11.9. The van der Waals surface area contributed by atoms with Gasteiger partial charge in [0.2, 0.25) is 0 Å². The molecule has 2 aliphatic rings. The first-order valence-corrected chi connectivity index (χ1v) is 7.80. The molecule has 1 aromatic rings. The maximum atomic E-state index is 12.8. The molecule has 0 saturated heterocycles. The lowest BCUT2D eigenvalue weighted by Crippen LogP contribution is -2.44. The van der Waals surface area contributed by atoms with Crippen LogP contribution in [0.4, 0.5) is 0 Å². The van der Waals surface area contributed by atoms with E-state index in [9.17, 15) is 9.59 Å². The summed E-state index contributed by atoms with van der Waals surface area (Å²) in [5, 5.41) is 0. The standard InChI is InChI=1S/C18H22O2/c19-16-10-11-18(13-14-6-2-1-3-7-14)15(12-16)8-4-5-9-17(18)20/h1-3,6-7,15H,4-5,8-13H2/t15-,18-/m1/s1. The van der Waals surface area contributed by atoms with E-state index in [2.05, 4.69) is 12.1 Å². The average Bonchev–Trinajstić information content (AvgIpc) is 2.61. The molecule has 2 atom stereocenters. The Morgan fingerprint density at radius 1 is 1.05 bits per heavy atom. The molecule has 1 aromatic carbocycles. The highest BCUT2D eigenvalue weighted by molar-refractivity contribution is 5.89. The lowest BCUT2D eigenvalue weighted by atomic mass is 9.60. The van der Waals surface area contributed by atoms with Gasteiger partial charge in [-0.25, -0.2) is 0 Å². The van der Waals surface area contributed by atoms with Gasteiger partial charge in [0.1, 0.15) is 11.6 Å². The maximum Gasteiger partial charge on any atom is 0.139 e. The van der Waals surface area contributed by atoms with Crippen LogP contribution in [0.3, 0.4) is 0 Å². The van der Waals surface area contributed by atoms with Crippen molar-refractivity contribution in [3.8, 4) is 0 Å².